The first-order valence-electron chi connectivity index (χ1n) is 11.9. The van der Waals surface area contributed by atoms with Gasteiger partial charge in [0.25, 0.3) is 0 Å². The maximum atomic E-state index is 12.4. The van der Waals surface area contributed by atoms with Crippen molar-refractivity contribution < 1.29 is 23.8 Å². The van der Waals surface area contributed by atoms with E-state index in [9.17, 15) is 9.59 Å². The van der Waals surface area contributed by atoms with Crippen molar-refractivity contribution in [1.82, 2.24) is 10.3 Å². The molecule has 1 aliphatic heterocycles. The number of para-hydroxylation sites is 1. The van der Waals surface area contributed by atoms with Gasteiger partial charge in [0.1, 0.15) is 11.5 Å². The van der Waals surface area contributed by atoms with E-state index in [0.29, 0.717) is 39.6 Å². The second kappa shape index (κ2) is 10.9. The van der Waals surface area contributed by atoms with Gasteiger partial charge in [-0.15, -0.1) is 0 Å². The number of pyridine rings is 1. The van der Waals surface area contributed by atoms with Gasteiger partial charge in [0, 0.05) is 35.6 Å². The van der Waals surface area contributed by atoms with Crippen molar-refractivity contribution >= 4 is 45.8 Å². The van der Waals surface area contributed by atoms with Crippen LogP contribution in [0.3, 0.4) is 0 Å². The van der Waals surface area contributed by atoms with Crippen LogP contribution in [-0.2, 0) is 11.2 Å². The van der Waals surface area contributed by atoms with Crippen molar-refractivity contribution in [2.45, 2.75) is 6.42 Å². The van der Waals surface area contributed by atoms with Crippen molar-refractivity contribution in [3.8, 4) is 23.0 Å². The number of ether oxygens (including phenoxy) is 3. The molecule has 2 heterocycles. The Balaban J connectivity index is 1.23. The Labute approximate surface area is 224 Å². The average molecular weight is 533 g/mol. The SMILES string of the molecule is COc1cc2nccc(Oc3ccc(NC(=O)NC(=O)CN4CCc5ccccc54)cc3Cl)c2cc1OC. The highest BCUT2D eigenvalue weighted by Crippen LogP contribution is 2.38. The van der Waals surface area contributed by atoms with Crippen LogP contribution in [0.2, 0.25) is 5.02 Å². The number of anilines is 2. The molecule has 0 bridgehead atoms. The molecule has 0 saturated heterocycles. The van der Waals surface area contributed by atoms with Crippen LogP contribution in [0, 0.1) is 0 Å². The van der Waals surface area contributed by atoms with Crippen molar-refractivity contribution in [3.63, 3.8) is 0 Å². The molecule has 3 amide bonds. The molecule has 0 fully saturated rings. The molecule has 0 radical (unpaired) electrons. The number of aromatic nitrogens is 1. The number of amides is 3. The number of imide groups is 1. The fourth-order valence-corrected chi connectivity index (χ4v) is 4.61. The maximum absolute atomic E-state index is 12.4. The lowest BCUT2D eigenvalue weighted by molar-refractivity contribution is -0.118. The van der Waals surface area contributed by atoms with Gasteiger partial charge in [-0.1, -0.05) is 29.8 Å². The minimum Gasteiger partial charge on any atom is -0.493 e. The molecule has 9 nitrogen and oxygen atoms in total. The summed E-state index contributed by atoms with van der Waals surface area (Å²) in [5, 5.41) is 5.98. The molecular formula is C28H25ClN4O5. The van der Waals surface area contributed by atoms with Gasteiger partial charge in [-0.25, -0.2) is 4.79 Å². The highest BCUT2D eigenvalue weighted by molar-refractivity contribution is 6.32. The number of nitrogens with one attached hydrogen (secondary N) is 2. The number of nitrogens with zero attached hydrogens (tertiary/aromatic N) is 2. The van der Waals surface area contributed by atoms with Gasteiger partial charge in [-0.2, -0.15) is 0 Å². The van der Waals surface area contributed by atoms with E-state index < -0.39 is 11.9 Å². The zero-order valence-electron chi connectivity index (χ0n) is 20.8. The van der Waals surface area contributed by atoms with Crippen molar-refractivity contribution in [2.75, 3.05) is 37.5 Å². The monoisotopic (exact) mass is 532 g/mol. The Morgan fingerprint density at radius 3 is 2.55 bits per heavy atom. The number of carbonyl (C=O) groups is 2. The van der Waals surface area contributed by atoms with Gasteiger partial charge < -0.3 is 24.4 Å². The fraction of sp³-hybridized carbons (Fsp3) is 0.179. The number of urea groups is 1. The second-order valence-electron chi connectivity index (χ2n) is 8.58. The number of benzene rings is 3. The molecule has 0 unspecified atom stereocenters. The second-order valence-corrected chi connectivity index (χ2v) is 8.99. The minimum atomic E-state index is -0.645. The third kappa shape index (κ3) is 5.28. The number of methoxy groups -OCH3 is 2. The normalized spacial score (nSPS) is 12.1. The molecule has 5 rings (SSSR count). The van der Waals surface area contributed by atoms with E-state index in [1.165, 1.54) is 5.56 Å². The first-order chi connectivity index (χ1) is 18.4. The molecule has 194 valence electrons. The molecule has 10 heteroatoms. The number of fused-ring (bicyclic) bond motifs is 2. The number of hydrogen-bond donors (Lipinski definition) is 2. The van der Waals surface area contributed by atoms with Gasteiger partial charge in [-0.3, -0.25) is 15.1 Å². The summed E-state index contributed by atoms with van der Waals surface area (Å²) in [6.45, 7) is 0.826. The minimum absolute atomic E-state index is 0.0918. The summed E-state index contributed by atoms with van der Waals surface area (Å²) in [6, 6.07) is 17.4. The zero-order chi connectivity index (χ0) is 26.6. The van der Waals surface area contributed by atoms with Crippen LogP contribution in [0.5, 0.6) is 23.0 Å². The van der Waals surface area contributed by atoms with Gasteiger partial charge in [0.05, 0.1) is 31.3 Å². The van der Waals surface area contributed by atoms with Gasteiger partial charge in [0.2, 0.25) is 5.91 Å². The summed E-state index contributed by atoms with van der Waals surface area (Å²) < 4.78 is 16.8. The standard InChI is InChI=1S/C28H25ClN4O5/c1-36-25-14-19-21(15-26(25)37-2)30-11-9-23(19)38-24-8-7-18(13-20(24)29)31-28(35)32-27(34)16-33-12-10-17-5-3-4-6-22(17)33/h3-9,11,13-15H,10,12,16H2,1-2H3,(H2,31,32,34,35). The van der Waals surface area contributed by atoms with E-state index in [1.54, 1.807) is 56.8 Å². The van der Waals surface area contributed by atoms with Gasteiger partial charge in [-0.05, 0) is 48.4 Å². The quantitative estimate of drug-likeness (QED) is 0.328. The highest BCUT2D eigenvalue weighted by Gasteiger charge is 2.21. The first-order valence-corrected chi connectivity index (χ1v) is 12.2. The van der Waals surface area contributed by atoms with E-state index in [1.807, 2.05) is 29.2 Å². The zero-order valence-corrected chi connectivity index (χ0v) is 21.5. The van der Waals surface area contributed by atoms with Crippen molar-refractivity contribution in [1.29, 1.82) is 0 Å². The molecule has 3 aromatic carbocycles. The molecule has 0 saturated carbocycles. The Bertz CT molecular complexity index is 1530. The van der Waals surface area contributed by atoms with Crippen LogP contribution in [-0.4, -0.2) is 44.2 Å². The summed E-state index contributed by atoms with van der Waals surface area (Å²) in [4.78, 5) is 31.2. The Kier molecular flexibility index (Phi) is 7.19. The van der Waals surface area contributed by atoms with E-state index in [2.05, 4.69) is 15.6 Å². The molecule has 0 atom stereocenters. The summed E-state index contributed by atoms with van der Waals surface area (Å²) in [6.07, 6.45) is 2.50. The van der Waals surface area contributed by atoms with Crippen LogP contribution >= 0.6 is 11.6 Å². The van der Waals surface area contributed by atoms with Crippen LogP contribution in [0.4, 0.5) is 16.2 Å². The van der Waals surface area contributed by atoms with E-state index in [-0.39, 0.29) is 11.6 Å². The lowest BCUT2D eigenvalue weighted by Gasteiger charge is -2.18. The van der Waals surface area contributed by atoms with Gasteiger partial charge >= 0.3 is 6.03 Å². The highest BCUT2D eigenvalue weighted by atomic mass is 35.5. The molecule has 2 N–H and O–H groups in total. The number of halogens is 1. The van der Waals surface area contributed by atoms with Crippen LogP contribution in [0.15, 0.2) is 66.9 Å². The van der Waals surface area contributed by atoms with Gasteiger partial charge in [0.15, 0.2) is 11.5 Å². The summed E-state index contributed by atoms with van der Waals surface area (Å²) >= 11 is 6.46. The summed E-state index contributed by atoms with van der Waals surface area (Å²) in [7, 11) is 3.11. The van der Waals surface area contributed by atoms with E-state index >= 15 is 0 Å². The third-order valence-electron chi connectivity index (χ3n) is 6.19. The molecule has 1 aromatic heterocycles. The largest absolute Gasteiger partial charge is 0.493 e. The fourth-order valence-electron chi connectivity index (χ4n) is 4.39. The van der Waals surface area contributed by atoms with Crippen LogP contribution < -0.4 is 29.7 Å². The molecule has 0 spiro atoms. The van der Waals surface area contributed by atoms with Crippen molar-refractivity contribution in [3.05, 3.63) is 77.4 Å². The average Bonchev–Trinajstić information content (AvgIpc) is 3.32. The number of rotatable bonds is 7. The molecule has 38 heavy (non-hydrogen) atoms. The first kappa shape index (κ1) is 25.2. The smallest absolute Gasteiger partial charge is 0.325 e. The van der Waals surface area contributed by atoms with Crippen molar-refractivity contribution in [2.24, 2.45) is 0 Å². The summed E-state index contributed by atoms with van der Waals surface area (Å²) in [5.41, 5.74) is 3.28. The molecule has 1 aliphatic rings. The van der Waals surface area contributed by atoms with Crippen LogP contribution in [0.1, 0.15) is 5.56 Å². The lowest BCUT2D eigenvalue weighted by atomic mass is 10.2. The Morgan fingerprint density at radius 2 is 1.76 bits per heavy atom. The van der Waals surface area contributed by atoms with Crippen LogP contribution in [0.25, 0.3) is 10.9 Å². The summed E-state index contributed by atoms with van der Waals surface area (Å²) in [5.74, 6) is 1.59. The number of hydrogen-bond acceptors (Lipinski definition) is 7. The Morgan fingerprint density at radius 1 is 0.974 bits per heavy atom. The van der Waals surface area contributed by atoms with E-state index in [4.69, 9.17) is 25.8 Å². The number of carbonyl (C=O) groups excluding carboxylic acids is 2. The predicted molar refractivity (Wildman–Crippen MR) is 146 cm³/mol. The maximum Gasteiger partial charge on any atom is 0.325 e. The molecule has 4 aromatic rings. The van der Waals surface area contributed by atoms with E-state index in [0.717, 1.165) is 18.7 Å². The molecular weight excluding hydrogens is 508 g/mol. The third-order valence-corrected chi connectivity index (χ3v) is 6.48. The Hall–Kier alpha value is -4.50. The predicted octanol–water partition coefficient (Wildman–Crippen LogP) is 5.41. The molecule has 0 aliphatic carbocycles. The topological polar surface area (TPSA) is 102 Å². The lowest BCUT2D eigenvalue weighted by Crippen LogP contribution is -2.41.